The third kappa shape index (κ3) is 6.27. The van der Waals surface area contributed by atoms with Crippen LogP contribution in [0, 0.1) is 5.92 Å². The van der Waals surface area contributed by atoms with Crippen LogP contribution in [0.4, 0.5) is 5.82 Å². The molecule has 1 N–H and O–H groups in total. The number of nitrogens with zero attached hydrogens (tertiary/aromatic N) is 2. The fourth-order valence-electron chi connectivity index (χ4n) is 8.37. The van der Waals surface area contributed by atoms with Gasteiger partial charge in [-0.1, -0.05) is 130 Å². The number of nitrogens with one attached hydrogen (secondary N) is 1. The van der Waals surface area contributed by atoms with Crippen LogP contribution in [0.2, 0.25) is 5.04 Å². The summed E-state index contributed by atoms with van der Waals surface area (Å²) in [5.74, 6) is -1.68. The van der Waals surface area contributed by atoms with E-state index in [0.717, 1.165) is 15.9 Å². The molecule has 3 aliphatic rings. The number of carbonyl (C=O) groups is 1. The van der Waals surface area contributed by atoms with Crippen LogP contribution < -0.4 is 21.4 Å². The fraction of sp³-hybridized carbons (Fsp3) is 0.310. The van der Waals surface area contributed by atoms with E-state index in [1.807, 2.05) is 48.5 Å². The van der Waals surface area contributed by atoms with E-state index in [-0.39, 0.29) is 30.2 Å². The normalized spacial score (nSPS) is 24.9. The Labute approximate surface area is 309 Å². The smallest absolute Gasteiger partial charge is 0.351 e. The highest BCUT2D eigenvalue weighted by molar-refractivity contribution is 6.99. The number of ether oxygens (including phenoxy) is 4. The van der Waals surface area contributed by atoms with Gasteiger partial charge in [-0.15, -0.1) is 0 Å². The average molecular weight is 730 g/mol. The molecule has 3 fully saturated rings. The number of rotatable bonds is 11. The van der Waals surface area contributed by atoms with Gasteiger partial charge in [0.05, 0.1) is 19.1 Å². The molecule has 272 valence electrons. The molecule has 53 heavy (non-hydrogen) atoms. The predicted octanol–water partition coefficient (Wildman–Crippen LogP) is 5.65. The van der Waals surface area contributed by atoms with E-state index < -0.39 is 43.6 Å². The topological polar surface area (TPSA) is 110 Å². The number of amides is 1. The van der Waals surface area contributed by atoms with Crippen LogP contribution >= 0.6 is 0 Å². The Morgan fingerprint density at radius 3 is 2.09 bits per heavy atom. The lowest BCUT2D eigenvalue weighted by Gasteiger charge is -2.60. The Bertz CT molecular complexity index is 2070. The standard InChI is InChI=1S/C42H43N3O7Si/c1-40(2,3)53(32-20-12-6-13-21-32,33-22-14-7-15-23-33)51-28-41-27-42(49-26-30-16-8-4-9-17-30)36(41)35(48-29-50-42)38(52-41)45-25-24-34(44-39(45)47)43-37(46)31-18-10-5-11-19-31/h4-25,35-36,38H,26-29H2,1-3H3,(H,43,44,46,47)/t35?,36?,38-,41-,42?/m1/s1. The second-order valence-electron chi connectivity index (χ2n) is 15.0. The van der Waals surface area contributed by atoms with E-state index in [2.05, 4.69) is 79.6 Å². The molecule has 2 saturated heterocycles. The molecule has 1 aromatic heterocycles. The molecule has 1 saturated carbocycles. The average Bonchev–Trinajstić information content (AvgIpc) is 3.47. The molecule has 3 unspecified atom stereocenters. The van der Waals surface area contributed by atoms with Crippen LogP contribution in [-0.2, 0) is 30.0 Å². The summed E-state index contributed by atoms with van der Waals surface area (Å²) in [6, 6.07) is 41.3. The van der Waals surface area contributed by atoms with Crippen molar-refractivity contribution in [1.82, 2.24) is 9.55 Å². The summed E-state index contributed by atoms with van der Waals surface area (Å²) in [5.41, 5.74) is -0.0340. The van der Waals surface area contributed by atoms with E-state index in [9.17, 15) is 9.59 Å². The summed E-state index contributed by atoms with van der Waals surface area (Å²) in [7, 11) is -2.98. The Morgan fingerprint density at radius 1 is 0.887 bits per heavy atom. The van der Waals surface area contributed by atoms with E-state index in [0.29, 0.717) is 18.6 Å². The summed E-state index contributed by atoms with van der Waals surface area (Å²) >= 11 is 0. The zero-order valence-electron chi connectivity index (χ0n) is 30.0. The minimum atomic E-state index is -2.98. The van der Waals surface area contributed by atoms with Crippen molar-refractivity contribution in [2.45, 2.75) is 62.6 Å². The van der Waals surface area contributed by atoms with Crippen molar-refractivity contribution < 1.29 is 28.2 Å². The fourth-order valence-corrected chi connectivity index (χ4v) is 13.0. The van der Waals surface area contributed by atoms with Crippen LogP contribution in [0.3, 0.4) is 0 Å². The van der Waals surface area contributed by atoms with Crippen molar-refractivity contribution in [1.29, 1.82) is 0 Å². The maximum absolute atomic E-state index is 13.7. The van der Waals surface area contributed by atoms with Crippen molar-refractivity contribution in [2.75, 3.05) is 18.7 Å². The number of benzene rings is 4. The SMILES string of the molecule is CC(C)(C)[Si](OC[C@]12CC3(OCc4ccccc4)OCOC(C31)[C@H](n1ccc(NC(=O)c3ccccc3)nc1=O)O2)(c1ccccc1)c1ccccc1. The lowest BCUT2D eigenvalue weighted by Crippen LogP contribution is -2.75. The Balaban J connectivity index is 1.15. The van der Waals surface area contributed by atoms with Crippen molar-refractivity contribution >= 4 is 30.4 Å². The van der Waals surface area contributed by atoms with Crippen molar-refractivity contribution in [3.8, 4) is 0 Å². The first-order chi connectivity index (χ1) is 25.6. The van der Waals surface area contributed by atoms with Gasteiger partial charge in [0, 0.05) is 18.2 Å². The minimum Gasteiger partial charge on any atom is -0.404 e. The maximum atomic E-state index is 13.7. The summed E-state index contributed by atoms with van der Waals surface area (Å²) in [6.45, 7) is 7.23. The monoisotopic (exact) mass is 729 g/mol. The molecule has 0 bridgehead atoms. The molecule has 3 heterocycles. The second-order valence-corrected chi connectivity index (χ2v) is 19.3. The van der Waals surface area contributed by atoms with Crippen LogP contribution in [-0.4, -0.2) is 54.7 Å². The maximum Gasteiger partial charge on any atom is 0.351 e. The van der Waals surface area contributed by atoms with Gasteiger partial charge in [-0.05, 0) is 39.2 Å². The zero-order valence-corrected chi connectivity index (χ0v) is 31.0. The van der Waals surface area contributed by atoms with Gasteiger partial charge < -0.3 is 28.7 Å². The Hall–Kier alpha value is -4.75. The van der Waals surface area contributed by atoms with Gasteiger partial charge in [0.25, 0.3) is 14.2 Å². The van der Waals surface area contributed by atoms with E-state index in [4.69, 9.17) is 23.4 Å². The van der Waals surface area contributed by atoms with Crippen LogP contribution in [0.15, 0.2) is 138 Å². The van der Waals surface area contributed by atoms with Gasteiger partial charge in [-0.2, -0.15) is 4.98 Å². The van der Waals surface area contributed by atoms with Crippen molar-refractivity contribution in [3.63, 3.8) is 0 Å². The predicted molar refractivity (Wildman–Crippen MR) is 202 cm³/mol. The third-order valence-electron chi connectivity index (χ3n) is 10.8. The highest BCUT2D eigenvalue weighted by atomic mass is 28.4. The lowest BCUT2D eigenvalue weighted by molar-refractivity contribution is -0.420. The highest BCUT2D eigenvalue weighted by Gasteiger charge is 2.77. The Morgan fingerprint density at radius 2 is 1.49 bits per heavy atom. The second kappa shape index (κ2) is 13.9. The quantitative estimate of drug-likeness (QED) is 0.174. The van der Waals surface area contributed by atoms with Crippen LogP contribution in [0.1, 0.15) is 49.3 Å². The Kier molecular flexibility index (Phi) is 9.26. The van der Waals surface area contributed by atoms with Crippen LogP contribution in [0.5, 0.6) is 0 Å². The molecule has 2 aliphatic heterocycles. The third-order valence-corrected chi connectivity index (χ3v) is 15.8. The first kappa shape index (κ1) is 35.3. The number of anilines is 1. The molecular formula is C42H43N3O7Si. The van der Waals surface area contributed by atoms with Crippen molar-refractivity contribution in [2.24, 2.45) is 5.92 Å². The molecular weight excluding hydrogens is 687 g/mol. The number of aromatic nitrogens is 2. The molecule has 1 aliphatic carbocycles. The van der Waals surface area contributed by atoms with E-state index >= 15 is 0 Å². The molecule has 8 rings (SSSR count). The minimum absolute atomic E-state index is 0.0329. The summed E-state index contributed by atoms with van der Waals surface area (Å²) < 4.78 is 35.3. The van der Waals surface area contributed by atoms with Crippen molar-refractivity contribution in [3.05, 3.63) is 155 Å². The molecule has 11 heteroatoms. The molecule has 4 aromatic carbocycles. The summed E-state index contributed by atoms with van der Waals surface area (Å²) in [5, 5.41) is 4.76. The largest absolute Gasteiger partial charge is 0.404 e. The molecule has 5 aromatic rings. The molecule has 0 spiro atoms. The van der Waals surface area contributed by atoms with Gasteiger partial charge in [0.15, 0.2) is 18.8 Å². The first-order valence-corrected chi connectivity index (χ1v) is 19.9. The summed E-state index contributed by atoms with van der Waals surface area (Å²) in [6.07, 6.45) is 0.500. The molecule has 0 radical (unpaired) electrons. The van der Waals surface area contributed by atoms with Gasteiger partial charge in [-0.3, -0.25) is 9.36 Å². The molecule has 1 amide bonds. The summed E-state index contributed by atoms with van der Waals surface area (Å²) in [4.78, 5) is 30.8. The molecule has 10 nitrogen and oxygen atoms in total. The zero-order chi connectivity index (χ0) is 36.7. The molecule has 5 atom stereocenters. The number of hydrogen-bond donors (Lipinski definition) is 1. The van der Waals surface area contributed by atoms with Gasteiger partial charge in [0.1, 0.15) is 17.5 Å². The number of carbonyl (C=O) groups excluding carboxylic acids is 1. The van der Waals surface area contributed by atoms with E-state index in [1.165, 1.54) is 4.57 Å². The van der Waals surface area contributed by atoms with Gasteiger partial charge in [0.2, 0.25) is 0 Å². The van der Waals surface area contributed by atoms with Gasteiger partial charge in [-0.25, -0.2) is 4.79 Å². The van der Waals surface area contributed by atoms with E-state index in [1.54, 1.807) is 36.5 Å². The highest BCUT2D eigenvalue weighted by Crippen LogP contribution is 2.64. The first-order valence-electron chi connectivity index (χ1n) is 18.0. The number of hydrogen-bond acceptors (Lipinski definition) is 8. The van der Waals surface area contributed by atoms with Crippen LogP contribution in [0.25, 0.3) is 0 Å². The lowest BCUT2D eigenvalue weighted by atomic mass is 9.62. The van der Waals surface area contributed by atoms with Gasteiger partial charge >= 0.3 is 5.69 Å².